The molecule has 9 nitrogen and oxygen atoms in total. The molecule has 0 atom stereocenters. The van der Waals surface area contributed by atoms with Crippen molar-refractivity contribution in [1.82, 2.24) is 0 Å². The normalized spacial score (nSPS) is 11.4. The summed E-state index contributed by atoms with van der Waals surface area (Å²) in [6, 6.07) is 15.2. The van der Waals surface area contributed by atoms with Crippen molar-refractivity contribution < 1.29 is 57.2 Å². The van der Waals surface area contributed by atoms with E-state index >= 15 is 0 Å². The summed E-state index contributed by atoms with van der Waals surface area (Å²) in [6.07, 6.45) is 0. The van der Waals surface area contributed by atoms with E-state index in [1.165, 1.54) is 38.3 Å². The number of fused-ring (bicyclic) bond motifs is 1. The number of carbonyl (C=O) groups is 1. The number of carbonyl (C=O) groups excluding carboxylic acids is 1. The summed E-state index contributed by atoms with van der Waals surface area (Å²) in [6.45, 7) is 1.39. The minimum atomic E-state index is -4.55. The Morgan fingerprint density at radius 2 is 1.68 bits per heavy atom. The van der Waals surface area contributed by atoms with E-state index in [4.69, 9.17) is 27.9 Å². The first-order chi connectivity index (χ1) is 17.5. The van der Waals surface area contributed by atoms with Gasteiger partial charge in [-0.1, -0.05) is 53.2 Å². The van der Waals surface area contributed by atoms with Crippen molar-refractivity contribution >= 4 is 67.1 Å². The zero-order valence-electron chi connectivity index (χ0n) is 20.3. The predicted molar refractivity (Wildman–Crippen MR) is 140 cm³/mol. The molecular weight excluding hydrogens is 564 g/mol. The minimum absolute atomic E-state index is 0. The van der Waals surface area contributed by atoms with Gasteiger partial charge < -0.3 is 15.2 Å². The molecule has 0 aliphatic rings. The van der Waals surface area contributed by atoms with Crippen LogP contribution in [-0.4, -0.2) is 26.0 Å². The van der Waals surface area contributed by atoms with E-state index < -0.39 is 26.7 Å². The minimum Gasteiger partial charge on any atom is -0.870 e. The van der Waals surface area contributed by atoms with Crippen molar-refractivity contribution in [2.45, 2.75) is 11.8 Å². The van der Waals surface area contributed by atoms with Gasteiger partial charge in [0.2, 0.25) is 0 Å². The molecule has 0 aromatic heterocycles. The van der Waals surface area contributed by atoms with Crippen LogP contribution < -0.4 is 44.7 Å². The van der Waals surface area contributed by atoms with E-state index in [9.17, 15) is 22.9 Å². The SMILES string of the molecule is COc1ccc(NC(=O)c2cc3ccccc3c(N=Nc3c(Cl)ccc(S(=O)(=O)O)c3C)c2[O-])c(Cl)c1.[Na+]. The smallest absolute Gasteiger partial charge is 0.870 e. The van der Waals surface area contributed by atoms with Crippen LogP contribution in [0.4, 0.5) is 17.1 Å². The van der Waals surface area contributed by atoms with Crippen LogP contribution >= 0.6 is 23.2 Å². The predicted octanol–water partition coefficient (Wildman–Crippen LogP) is 3.46. The number of ether oxygens (including phenoxy) is 1. The van der Waals surface area contributed by atoms with E-state index in [0.717, 1.165) is 6.07 Å². The van der Waals surface area contributed by atoms with Crippen LogP contribution in [0.15, 0.2) is 75.8 Å². The third-order valence-corrected chi connectivity index (χ3v) is 7.12. The fourth-order valence-electron chi connectivity index (χ4n) is 3.64. The average Bonchev–Trinajstić information content (AvgIpc) is 2.85. The van der Waals surface area contributed by atoms with Gasteiger partial charge in [0.15, 0.2) is 0 Å². The Labute approximate surface area is 250 Å². The second-order valence-corrected chi connectivity index (χ2v) is 10.0. The molecule has 4 aromatic rings. The fraction of sp³-hybridized carbons (Fsp3) is 0.0800. The molecule has 0 aliphatic heterocycles. The number of benzene rings is 4. The number of hydrogen-bond donors (Lipinski definition) is 2. The standard InChI is InChI=1S/C25H19Cl2N3O6S.Na/c1-13-21(37(33,34)35)10-8-18(26)22(13)29-30-23-16-6-4-3-5-14(16)11-17(24(23)31)25(32)28-20-9-7-15(36-2)12-19(20)27;/h3-12,31H,1-2H3,(H,28,32)(H,33,34,35);/q;+1/p-1. The van der Waals surface area contributed by atoms with E-state index in [1.807, 2.05) is 0 Å². The zero-order valence-corrected chi connectivity index (χ0v) is 24.6. The van der Waals surface area contributed by atoms with Crippen LogP contribution in [0.3, 0.4) is 0 Å². The molecule has 4 aromatic carbocycles. The van der Waals surface area contributed by atoms with Crippen molar-refractivity contribution in [3.05, 3.63) is 81.8 Å². The third kappa shape index (κ3) is 6.13. The Kier molecular flexibility index (Phi) is 9.43. The summed E-state index contributed by atoms with van der Waals surface area (Å²) in [4.78, 5) is 12.7. The van der Waals surface area contributed by atoms with Gasteiger partial charge in [-0.3, -0.25) is 9.35 Å². The first-order valence-electron chi connectivity index (χ1n) is 10.6. The van der Waals surface area contributed by atoms with Gasteiger partial charge in [-0.05, 0) is 48.2 Å². The number of nitrogens with zero attached hydrogens (tertiary/aromatic N) is 2. The summed E-state index contributed by atoms with van der Waals surface area (Å²) in [5.41, 5.74) is -0.114. The van der Waals surface area contributed by atoms with Crippen molar-refractivity contribution in [1.29, 1.82) is 0 Å². The van der Waals surface area contributed by atoms with E-state index in [0.29, 0.717) is 16.5 Å². The molecule has 190 valence electrons. The summed E-state index contributed by atoms with van der Waals surface area (Å²) >= 11 is 12.4. The van der Waals surface area contributed by atoms with Crippen molar-refractivity contribution in [2.75, 3.05) is 12.4 Å². The van der Waals surface area contributed by atoms with Crippen LogP contribution in [-0.2, 0) is 10.1 Å². The summed E-state index contributed by atoms with van der Waals surface area (Å²) in [5.74, 6) is -0.945. The molecule has 4 rings (SSSR count). The zero-order chi connectivity index (χ0) is 26.9. The maximum absolute atomic E-state index is 13.4. The van der Waals surface area contributed by atoms with Crippen LogP contribution in [0.2, 0.25) is 10.0 Å². The van der Waals surface area contributed by atoms with Gasteiger partial charge in [-0.2, -0.15) is 13.5 Å². The monoisotopic (exact) mass is 581 g/mol. The molecule has 0 bridgehead atoms. The quantitative estimate of drug-likeness (QED) is 0.203. The molecule has 13 heteroatoms. The Balaban J connectivity index is 0.00000400. The number of hydrogen-bond acceptors (Lipinski definition) is 7. The van der Waals surface area contributed by atoms with E-state index in [-0.39, 0.29) is 67.8 Å². The largest absolute Gasteiger partial charge is 1.00 e. The number of amides is 1. The maximum atomic E-state index is 13.4. The summed E-state index contributed by atoms with van der Waals surface area (Å²) in [7, 11) is -3.07. The van der Waals surface area contributed by atoms with Gasteiger partial charge >= 0.3 is 29.6 Å². The molecule has 0 unspecified atom stereocenters. The van der Waals surface area contributed by atoms with Crippen molar-refractivity contribution in [3.8, 4) is 11.5 Å². The molecule has 0 radical (unpaired) electrons. The van der Waals surface area contributed by atoms with Crippen LogP contribution in [0.5, 0.6) is 11.5 Å². The van der Waals surface area contributed by atoms with Crippen LogP contribution in [0, 0.1) is 6.92 Å². The van der Waals surface area contributed by atoms with Gasteiger partial charge in [-0.15, -0.1) is 5.11 Å². The van der Waals surface area contributed by atoms with E-state index in [1.54, 1.807) is 30.3 Å². The molecule has 0 saturated carbocycles. The molecular formula is C25H18Cl2N3NaO6S. The molecule has 0 spiro atoms. The number of nitrogens with one attached hydrogen (secondary N) is 1. The van der Waals surface area contributed by atoms with Gasteiger partial charge in [0, 0.05) is 17.0 Å². The van der Waals surface area contributed by atoms with Gasteiger partial charge in [-0.25, -0.2) is 0 Å². The molecule has 1 amide bonds. The van der Waals surface area contributed by atoms with Crippen LogP contribution in [0.25, 0.3) is 10.8 Å². The number of azo groups is 1. The van der Waals surface area contributed by atoms with Crippen molar-refractivity contribution in [2.24, 2.45) is 10.2 Å². The molecule has 2 N–H and O–H groups in total. The Bertz CT molecular complexity index is 1700. The Hall–Kier alpha value is -2.70. The average molecular weight is 582 g/mol. The van der Waals surface area contributed by atoms with Gasteiger partial charge in [0.25, 0.3) is 16.0 Å². The number of rotatable bonds is 6. The Morgan fingerprint density at radius 1 is 1.00 bits per heavy atom. The maximum Gasteiger partial charge on any atom is 1.00 e. The van der Waals surface area contributed by atoms with Gasteiger partial charge in [0.05, 0.1) is 33.4 Å². The fourth-order valence-corrected chi connectivity index (χ4v) is 4.83. The molecule has 0 heterocycles. The molecule has 0 fully saturated rings. The van der Waals surface area contributed by atoms with Gasteiger partial charge in [0.1, 0.15) is 11.4 Å². The van der Waals surface area contributed by atoms with Crippen molar-refractivity contribution in [3.63, 3.8) is 0 Å². The summed E-state index contributed by atoms with van der Waals surface area (Å²) in [5, 5.41) is 25.3. The molecule has 0 aliphatic carbocycles. The first kappa shape index (κ1) is 29.9. The molecule has 38 heavy (non-hydrogen) atoms. The number of methoxy groups -OCH3 is 1. The third-order valence-electron chi connectivity index (χ3n) is 5.50. The topological polar surface area (TPSA) is 140 Å². The van der Waals surface area contributed by atoms with Crippen LogP contribution in [0.1, 0.15) is 15.9 Å². The summed E-state index contributed by atoms with van der Waals surface area (Å²) < 4.78 is 37.9. The Morgan fingerprint density at radius 3 is 2.34 bits per heavy atom. The number of anilines is 1. The first-order valence-corrected chi connectivity index (χ1v) is 12.8. The molecule has 0 saturated heterocycles. The second-order valence-electron chi connectivity index (χ2n) is 7.82. The number of halogens is 2. The van der Waals surface area contributed by atoms with E-state index in [2.05, 4.69) is 15.5 Å². The second kappa shape index (κ2) is 12.0.